The Balaban J connectivity index is 2.65. The van der Waals surface area contributed by atoms with Gasteiger partial charge in [-0.1, -0.05) is 24.3 Å². The van der Waals surface area contributed by atoms with E-state index in [0.717, 1.165) is 21.9 Å². The van der Waals surface area contributed by atoms with Crippen LogP contribution in [-0.2, 0) is 0 Å². The molecule has 0 saturated carbocycles. The number of hydrogen-bond donors (Lipinski definition) is 0. The Morgan fingerprint density at radius 3 is 3.15 bits per heavy atom. The zero-order chi connectivity index (χ0) is 8.67. The quantitative estimate of drug-likeness (QED) is 0.515. The lowest BCUT2D eigenvalue weighted by molar-refractivity contribution is 0.609. The topological polar surface area (TPSA) is 26.0 Å². The lowest BCUT2D eigenvalue weighted by Crippen LogP contribution is -1.76. The zero-order valence-corrected chi connectivity index (χ0v) is 6.82. The lowest BCUT2D eigenvalue weighted by Gasteiger charge is -1.95. The van der Waals surface area contributed by atoms with Crippen molar-refractivity contribution in [1.29, 1.82) is 0 Å². The van der Waals surface area contributed by atoms with Crippen molar-refractivity contribution in [2.24, 2.45) is 0 Å². The van der Waals surface area contributed by atoms with E-state index in [1.54, 1.807) is 6.07 Å². The van der Waals surface area contributed by atoms with Crippen molar-refractivity contribution in [2.45, 2.75) is 0 Å². The first-order valence-corrected chi connectivity index (χ1v) is 4.08. The Hall–Kier alpha value is -1.83. The second-order valence-corrected chi connectivity index (χ2v) is 2.92. The Morgan fingerprint density at radius 1 is 1.23 bits per heavy atom. The van der Waals surface area contributed by atoms with Gasteiger partial charge in [-0.25, -0.2) is 0 Å². The van der Waals surface area contributed by atoms with Gasteiger partial charge in [-0.2, -0.15) is 0 Å². The van der Waals surface area contributed by atoms with Crippen molar-refractivity contribution in [1.82, 2.24) is 4.98 Å². The summed E-state index contributed by atoms with van der Waals surface area (Å²) in [6.45, 7) is 0. The number of nitrogens with zero attached hydrogens (tertiary/aromatic N) is 1. The van der Waals surface area contributed by atoms with Crippen molar-refractivity contribution in [2.75, 3.05) is 0 Å². The Morgan fingerprint density at radius 2 is 2.15 bits per heavy atom. The summed E-state index contributed by atoms with van der Waals surface area (Å²) in [4.78, 5) is 4.24. The van der Waals surface area contributed by atoms with Gasteiger partial charge in [0.25, 0.3) is 0 Å². The molecule has 0 N–H and O–H groups in total. The van der Waals surface area contributed by atoms with E-state index in [4.69, 9.17) is 4.42 Å². The third kappa shape index (κ3) is 0.855. The van der Waals surface area contributed by atoms with Gasteiger partial charge in [-0.3, -0.25) is 4.98 Å². The summed E-state index contributed by atoms with van der Waals surface area (Å²) in [5.74, 6) is 0. The molecule has 3 aromatic rings. The van der Waals surface area contributed by atoms with Crippen molar-refractivity contribution < 1.29 is 4.42 Å². The van der Waals surface area contributed by atoms with Crippen molar-refractivity contribution >= 4 is 21.9 Å². The zero-order valence-electron chi connectivity index (χ0n) is 6.82. The third-order valence-electron chi connectivity index (χ3n) is 2.14. The van der Waals surface area contributed by atoms with E-state index in [9.17, 15) is 0 Å². The molecule has 0 aliphatic heterocycles. The number of aromatic nitrogens is 1. The Labute approximate surface area is 74.8 Å². The molecule has 0 amide bonds. The highest BCUT2D eigenvalue weighted by molar-refractivity contribution is 6.01. The fourth-order valence-electron chi connectivity index (χ4n) is 1.51. The molecule has 0 aliphatic carbocycles. The van der Waals surface area contributed by atoms with Crippen LogP contribution >= 0.6 is 0 Å². The largest absolute Gasteiger partial charge is 0.450 e. The van der Waals surface area contributed by atoms with Crippen LogP contribution in [0.5, 0.6) is 0 Å². The number of rotatable bonds is 0. The standard InChI is InChI=1S/C11H6NO/c1-2-4-9-8(3-1)7-12-10-5-6-13-11(9)10/h1-5,7H. The SMILES string of the molecule is [c]1cc2ncc3ccccc3c2o1. The maximum absolute atomic E-state index is 5.24. The highest BCUT2D eigenvalue weighted by Crippen LogP contribution is 2.23. The van der Waals surface area contributed by atoms with E-state index in [-0.39, 0.29) is 0 Å². The van der Waals surface area contributed by atoms with Crippen molar-refractivity contribution in [3.05, 3.63) is 42.8 Å². The number of fused-ring (bicyclic) bond motifs is 3. The van der Waals surface area contributed by atoms with E-state index in [1.165, 1.54) is 0 Å². The third-order valence-corrected chi connectivity index (χ3v) is 2.14. The average molecular weight is 168 g/mol. The molecule has 0 bridgehead atoms. The molecule has 0 unspecified atom stereocenters. The van der Waals surface area contributed by atoms with Crippen LogP contribution in [-0.4, -0.2) is 4.98 Å². The molecule has 0 aliphatic rings. The molecule has 0 spiro atoms. The van der Waals surface area contributed by atoms with Crippen LogP contribution in [0.2, 0.25) is 0 Å². The summed E-state index contributed by atoms with van der Waals surface area (Å²) < 4.78 is 5.24. The summed E-state index contributed by atoms with van der Waals surface area (Å²) in [5, 5.41) is 2.19. The van der Waals surface area contributed by atoms with E-state index in [2.05, 4.69) is 11.2 Å². The van der Waals surface area contributed by atoms with Gasteiger partial charge in [0.2, 0.25) is 0 Å². The second kappa shape index (κ2) is 2.33. The number of benzene rings is 1. The van der Waals surface area contributed by atoms with Crippen LogP contribution in [0.4, 0.5) is 0 Å². The first kappa shape index (κ1) is 6.66. The smallest absolute Gasteiger partial charge is 0.172 e. The maximum Gasteiger partial charge on any atom is 0.172 e. The molecule has 2 heterocycles. The maximum atomic E-state index is 5.24. The molecule has 2 nitrogen and oxygen atoms in total. The predicted molar refractivity (Wildman–Crippen MR) is 50.4 cm³/mol. The predicted octanol–water partition coefficient (Wildman–Crippen LogP) is 2.78. The fraction of sp³-hybridized carbons (Fsp3) is 0. The summed E-state index contributed by atoms with van der Waals surface area (Å²) in [6.07, 6.45) is 4.54. The average Bonchev–Trinajstić information content (AvgIpc) is 2.65. The molecule has 0 fully saturated rings. The van der Waals surface area contributed by atoms with Gasteiger partial charge in [-0.05, 0) is 0 Å². The molecule has 2 heteroatoms. The van der Waals surface area contributed by atoms with Crippen LogP contribution in [0.15, 0.2) is 40.9 Å². The van der Waals surface area contributed by atoms with E-state index in [1.807, 2.05) is 30.5 Å². The summed E-state index contributed by atoms with van der Waals surface area (Å²) in [5.41, 5.74) is 1.68. The Kier molecular flexibility index (Phi) is 1.19. The van der Waals surface area contributed by atoms with E-state index < -0.39 is 0 Å². The summed E-state index contributed by atoms with van der Waals surface area (Å²) in [6, 6.07) is 9.77. The van der Waals surface area contributed by atoms with Crippen LogP contribution in [0.3, 0.4) is 0 Å². The number of hydrogen-bond acceptors (Lipinski definition) is 2. The minimum Gasteiger partial charge on any atom is -0.450 e. The van der Waals surface area contributed by atoms with Gasteiger partial charge in [0, 0.05) is 23.0 Å². The van der Waals surface area contributed by atoms with Crippen LogP contribution in [0, 0.1) is 6.26 Å². The first-order valence-electron chi connectivity index (χ1n) is 4.08. The van der Waals surface area contributed by atoms with Crippen molar-refractivity contribution in [3.8, 4) is 0 Å². The van der Waals surface area contributed by atoms with Crippen molar-refractivity contribution in [3.63, 3.8) is 0 Å². The molecule has 1 radical (unpaired) electrons. The van der Waals surface area contributed by atoms with Crippen LogP contribution in [0.1, 0.15) is 0 Å². The minimum atomic E-state index is 0.818. The van der Waals surface area contributed by atoms with Gasteiger partial charge in [0.15, 0.2) is 11.8 Å². The summed E-state index contributed by atoms with van der Waals surface area (Å²) >= 11 is 0. The molecular formula is C11H6NO. The highest BCUT2D eigenvalue weighted by Gasteiger charge is 2.02. The van der Waals surface area contributed by atoms with Gasteiger partial charge in [0.05, 0.1) is 0 Å². The normalized spacial score (nSPS) is 11.1. The first-order chi connectivity index (χ1) is 6.45. The van der Waals surface area contributed by atoms with E-state index >= 15 is 0 Å². The van der Waals surface area contributed by atoms with Gasteiger partial charge in [-0.15, -0.1) is 0 Å². The number of pyridine rings is 1. The summed E-state index contributed by atoms with van der Waals surface area (Å²) in [7, 11) is 0. The number of furan rings is 1. The van der Waals surface area contributed by atoms with E-state index in [0.29, 0.717) is 0 Å². The van der Waals surface area contributed by atoms with Gasteiger partial charge >= 0.3 is 0 Å². The molecule has 2 aromatic heterocycles. The molecule has 3 rings (SSSR count). The van der Waals surface area contributed by atoms with Gasteiger partial charge in [0.1, 0.15) is 5.52 Å². The molecule has 61 valence electrons. The minimum absolute atomic E-state index is 0.818. The molecule has 0 atom stereocenters. The Bertz CT molecular complexity index is 568. The highest BCUT2D eigenvalue weighted by atomic mass is 16.3. The monoisotopic (exact) mass is 168 g/mol. The van der Waals surface area contributed by atoms with Gasteiger partial charge < -0.3 is 4.42 Å². The lowest BCUT2D eigenvalue weighted by atomic mass is 10.1. The van der Waals surface area contributed by atoms with Crippen LogP contribution < -0.4 is 0 Å². The molecular weight excluding hydrogens is 162 g/mol. The molecule has 13 heavy (non-hydrogen) atoms. The molecule has 0 saturated heterocycles. The fourth-order valence-corrected chi connectivity index (χ4v) is 1.51. The van der Waals surface area contributed by atoms with Crippen LogP contribution in [0.25, 0.3) is 21.9 Å². The molecule has 1 aromatic carbocycles. The second-order valence-electron chi connectivity index (χ2n) is 2.92.